The minimum Gasteiger partial charge on any atom is -0.398 e. The number of hydrogen-bond donors (Lipinski definition) is 2. The highest BCUT2D eigenvalue weighted by Gasteiger charge is 2.18. The molecule has 6 heteroatoms. The fraction of sp³-hybridized carbons (Fsp3) is 0.143. The lowest BCUT2D eigenvalue weighted by Gasteiger charge is -2.11. The quantitative estimate of drug-likeness (QED) is 0.829. The average Bonchev–Trinajstić information content (AvgIpc) is 2.30. The van der Waals surface area contributed by atoms with Crippen LogP contribution in [-0.2, 0) is 10.0 Å². The van der Waals surface area contributed by atoms with Crippen molar-refractivity contribution in [3.05, 3.63) is 52.0 Å². The SMILES string of the molecule is Cc1cc(C)cc(NS(=O)(=O)c2cc(Br)ccc2N)c1. The van der Waals surface area contributed by atoms with Crippen LogP contribution in [-0.4, -0.2) is 8.42 Å². The van der Waals surface area contributed by atoms with Gasteiger partial charge in [-0.25, -0.2) is 8.42 Å². The second-order valence-electron chi connectivity index (χ2n) is 4.66. The van der Waals surface area contributed by atoms with Crippen LogP contribution in [0.4, 0.5) is 11.4 Å². The summed E-state index contributed by atoms with van der Waals surface area (Å²) in [5.74, 6) is 0. The van der Waals surface area contributed by atoms with E-state index in [4.69, 9.17) is 5.73 Å². The zero-order valence-electron chi connectivity index (χ0n) is 11.1. The molecular weight excluding hydrogens is 340 g/mol. The lowest BCUT2D eigenvalue weighted by molar-refractivity contribution is 0.601. The van der Waals surface area contributed by atoms with Crippen molar-refractivity contribution in [1.29, 1.82) is 0 Å². The third kappa shape index (κ3) is 3.32. The number of nitrogens with one attached hydrogen (secondary N) is 1. The Labute approximate surface area is 127 Å². The van der Waals surface area contributed by atoms with Crippen LogP contribution in [0.1, 0.15) is 11.1 Å². The van der Waals surface area contributed by atoms with E-state index in [1.165, 1.54) is 6.07 Å². The minimum atomic E-state index is -3.71. The van der Waals surface area contributed by atoms with E-state index in [9.17, 15) is 8.42 Å². The molecule has 0 atom stereocenters. The Hall–Kier alpha value is -1.53. The number of anilines is 2. The van der Waals surface area contributed by atoms with Gasteiger partial charge in [-0.2, -0.15) is 0 Å². The van der Waals surface area contributed by atoms with Crippen molar-refractivity contribution in [1.82, 2.24) is 0 Å². The van der Waals surface area contributed by atoms with Gasteiger partial charge in [-0.05, 0) is 55.3 Å². The monoisotopic (exact) mass is 354 g/mol. The van der Waals surface area contributed by atoms with Crippen molar-refractivity contribution < 1.29 is 8.42 Å². The Balaban J connectivity index is 2.43. The summed E-state index contributed by atoms with van der Waals surface area (Å²) >= 11 is 3.25. The van der Waals surface area contributed by atoms with Gasteiger partial charge >= 0.3 is 0 Å². The normalized spacial score (nSPS) is 11.3. The molecule has 0 heterocycles. The molecule has 0 saturated carbocycles. The van der Waals surface area contributed by atoms with Gasteiger partial charge in [0.2, 0.25) is 0 Å². The summed E-state index contributed by atoms with van der Waals surface area (Å²) in [5, 5.41) is 0. The van der Waals surface area contributed by atoms with Gasteiger partial charge in [0, 0.05) is 10.2 Å². The number of sulfonamides is 1. The highest BCUT2D eigenvalue weighted by Crippen LogP contribution is 2.25. The molecule has 20 heavy (non-hydrogen) atoms. The van der Waals surface area contributed by atoms with Crippen LogP contribution in [0.15, 0.2) is 45.8 Å². The summed E-state index contributed by atoms with van der Waals surface area (Å²) in [6.45, 7) is 3.83. The molecule has 0 unspecified atom stereocenters. The van der Waals surface area contributed by atoms with Crippen molar-refractivity contribution in [3.63, 3.8) is 0 Å². The summed E-state index contributed by atoms with van der Waals surface area (Å²) < 4.78 is 28.0. The first-order valence-corrected chi connectivity index (χ1v) is 8.22. The highest BCUT2D eigenvalue weighted by molar-refractivity contribution is 9.10. The first kappa shape index (κ1) is 14.9. The molecule has 0 aliphatic carbocycles. The number of rotatable bonds is 3. The molecule has 0 saturated heterocycles. The van der Waals surface area contributed by atoms with Gasteiger partial charge in [0.25, 0.3) is 10.0 Å². The van der Waals surface area contributed by atoms with Crippen LogP contribution in [0.5, 0.6) is 0 Å². The van der Waals surface area contributed by atoms with Crippen LogP contribution >= 0.6 is 15.9 Å². The number of halogens is 1. The van der Waals surface area contributed by atoms with E-state index in [0.29, 0.717) is 10.2 Å². The van der Waals surface area contributed by atoms with Crippen molar-refractivity contribution in [3.8, 4) is 0 Å². The Morgan fingerprint density at radius 2 is 1.65 bits per heavy atom. The maximum atomic E-state index is 12.4. The third-order valence-corrected chi connectivity index (χ3v) is 4.67. The van der Waals surface area contributed by atoms with E-state index in [1.54, 1.807) is 24.3 Å². The molecule has 0 radical (unpaired) electrons. The van der Waals surface area contributed by atoms with Gasteiger partial charge in [0.1, 0.15) is 4.90 Å². The van der Waals surface area contributed by atoms with Gasteiger partial charge in [0.15, 0.2) is 0 Å². The Bertz CT molecular complexity index is 738. The van der Waals surface area contributed by atoms with Crippen molar-refractivity contribution >= 4 is 37.3 Å². The van der Waals surface area contributed by atoms with Gasteiger partial charge in [0.05, 0.1) is 5.69 Å². The molecule has 0 bridgehead atoms. The molecule has 2 aromatic carbocycles. The molecular formula is C14H15BrN2O2S. The van der Waals surface area contributed by atoms with Gasteiger partial charge in [-0.1, -0.05) is 22.0 Å². The average molecular weight is 355 g/mol. The van der Waals surface area contributed by atoms with Gasteiger partial charge in [-0.15, -0.1) is 0 Å². The maximum absolute atomic E-state index is 12.4. The number of nitrogens with two attached hydrogens (primary N) is 1. The second kappa shape index (κ2) is 5.46. The fourth-order valence-corrected chi connectivity index (χ4v) is 3.70. The van der Waals surface area contributed by atoms with Crippen molar-refractivity contribution in [2.24, 2.45) is 0 Å². The molecule has 0 aliphatic heterocycles. The Kier molecular flexibility index (Phi) is 4.06. The highest BCUT2D eigenvalue weighted by atomic mass is 79.9. The third-order valence-electron chi connectivity index (χ3n) is 2.74. The van der Waals surface area contributed by atoms with E-state index in [0.717, 1.165) is 11.1 Å². The molecule has 2 aromatic rings. The Morgan fingerprint density at radius 3 is 2.25 bits per heavy atom. The molecule has 0 aliphatic rings. The fourth-order valence-electron chi connectivity index (χ4n) is 1.98. The number of benzene rings is 2. The molecule has 2 rings (SSSR count). The number of aryl methyl sites for hydroxylation is 2. The molecule has 0 aromatic heterocycles. The molecule has 106 valence electrons. The van der Waals surface area contributed by atoms with Gasteiger partial charge < -0.3 is 5.73 Å². The Morgan fingerprint density at radius 1 is 1.05 bits per heavy atom. The topological polar surface area (TPSA) is 72.2 Å². The predicted molar refractivity (Wildman–Crippen MR) is 85.3 cm³/mol. The van der Waals surface area contributed by atoms with Crippen LogP contribution in [0, 0.1) is 13.8 Å². The zero-order valence-corrected chi connectivity index (χ0v) is 13.5. The number of hydrogen-bond acceptors (Lipinski definition) is 3. The van der Waals surface area contributed by atoms with Gasteiger partial charge in [-0.3, -0.25) is 4.72 Å². The standard InChI is InChI=1S/C14H15BrN2O2S/c1-9-5-10(2)7-12(6-9)17-20(18,19)14-8-11(15)3-4-13(14)16/h3-8,17H,16H2,1-2H3. The summed E-state index contributed by atoms with van der Waals surface area (Å²) in [6.07, 6.45) is 0. The van der Waals surface area contributed by atoms with E-state index in [1.807, 2.05) is 19.9 Å². The van der Waals surface area contributed by atoms with E-state index >= 15 is 0 Å². The first-order valence-electron chi connectivity index (χ1n) is 5.94. The minimum absolute atomic E-state index is 0.0611. The lowest BCUT2D eigenvalue weighted by atomic mass is 10.1. The lowest BCUT2D eigenvalue weighted by Crippen LogP contribution is -2.15. The molecule has 4 nitrogen and oxygen atoms in total. The predicted octanol–water partition coefficient (Wildman–Crippen LogP) is 3.45. The van der Waals surface area contributed by atoms with E-state index in [-0.39, 0.29) is 10.6 Å². The molecule has 3 N–H and O–H groups in total. The largest absolute Gasteiger partial charge is 0.398 e. The molecule has 0 amide bonds. The van der Waals surface area contributed by atoms with E-state index < -0.39 is 10.0 Å². The molecule has 0 fully saturated rings. The molecule has 0 spiro atoms. The number of nitrogen functional groups attached to an aromatic ring is 1. The van der Waals surface area contributed by atoms with Crippen molar-refractivity contribution in [2.45, 2.75) is 18.7 Å². The maximum Gasteiger partial charge on any atom is 0.263 e. The first-order chi connectivity index (χ1) is 9.28. The zero-order chi connectivity index (χ0) is 14.9. The van der Waals surface area contributed by atoms with Crippen LogP contribution < -0.4 is 10.5 Å². The summed E-state index contributed by atoms with van der Waals surface area (Å²) in [7, 11) is -3.71. The van der Waals surface area contributed by atoms with Crippen LogP contribution in [0.3, 0.4) is 0 Å². The summed E-state index contributed by atoms with van der Waals surface area (Å²) in [6, 6.07) is 10.3. The van der Waals surface area contributed by atoms with E-state index in [2.05, 4.69) is 20.7 Å². The van der Waals surface area contributed by atoms with Crippen LogP contribution in [0.2, 0.25) is 0 Å². The van der Waals surface area contributed by atoms with Crippen LogP contribution in [0.25, 0.3) is 0 Å². The summed E-state index contributed by atoms with van der Waals surface area (Å²) in [5.41, 5.74) is 8.47. The van der Waals surface area contributed by atoms with Crippen molar-refractivity contribution in [2.75, 3.05) is 10.5 Å². The smallest absolute Gasteiger partial charge is 0.263 e. The second-order valence-corrected chi connectivity index (χ2v) is 7.23. The summed E-state index contributed by atoms with van der Waals surface area (Å²) in [4.78, 5) is 0.0611.